The van der Waals surface area contributed by atoms with Gasteiger partial charge in [-0.05, 0) is 24.8 Å². The summed E-state index contributed by atoms with van der Waals surface area (Å²) in [5, 5.41) is 2.79. The number of ether oxygens (including phenoxy) is 1. The number of amides is 1. The maximum Gasteiger partial charge on any atom is 0.267 e. The Morgan fingerprint density at radius 3 is 2.94 bits per heavy atom. The molecule has 3 nitrogen and oxygen atoms in total. The predicted molar refractivity (Wildman–Crippen MR) is 70.9 cm³/mol. The van der Waals surface area contributed by atoms with Gasteiger partial charge in [0.15, 0.2) is 0 Å². The van der Waals surface area contributed by atoms with Crippen LogP contribution in [-0.4, -0.2) is 36.3 Å². The summed E-state index contributed by atoms with van der Waals surface area (Å²) in [5.41, 5.74) is 0. The standard InChI is InChI=1S/C11H16BrNO2S/c1-3-13(7-4-6-12)11(14)10-9(15-2)5-8-16-10/h5,8H,3-4,6-7H2,1-2H3. The number of alkyl halides is 1. The van der Waals surface area contributed by atoms with E-state index in [-0.39, 0.29) is 5.91 Å². The van der Waals surface area contributed by atoms with Crippen LogP contribution in [0.2, 0.25) is 0 Å². The molecule has 0 aliphatic carbocycles. The zero-order chi connectivity index (χ0) is 12.0. The van der Waals surface area contributed by atoms with Crippen LogP contribution in [0.3, 0.4) is 0 Å². The van der Waals surface area contributed by atoms with Crippen LogP contribution in [0.1, 0.15) is 23.0 Å². The number of halogens is 1. The molecule has 1 aromatic rings. The van der Waals surface area contributed by atoms with Gasteiger partial charge in [-0.1, -0.05) is 15.9 Å². The van der Waals surface area contributed by atoms with Crippen LogP contribution in [0, 0.1) is 0 Å². The topological polar surface area (TPSA) is 29.5 Å². The van der Waals surface area contributed by atoms with E-state index in [1.54, 1.807) is 7.11 Å². The van der Waals surface area contributed by atoms with Crippen molar-refractivity contribution in [2.24, 2.45) is 0 Å². The lowest BCUT2D eigenvalue weighted by atomic mass is 10.3. The van der Waals surface area contributed by atoms with Crippen LogP contribution in [0.5, 0.6) is 5.75 Å². The van der Waals surface area contributed by atoms with Gasteiger partial charge in [0, 0.05) is 18.4 Å². The molecule has 0 radical (unpaired) electrons. The van der Waals surface area contributed by atoms with E-state index in [1.165, 1.54) is 11.3 Å². The Morgan fingerprint density at radius 1 is 1.62 bits per heavy atom. The highest BCUT2D eigenvalue weighted by Crippen LogP contribution is 2.25. The van der Waals surface area contributed by atoms with Gasteiger partial charge in [0.2, 0.25) is 0 Å². The van der Waals surface area contributed by atoms with Crippen molar-refractivity contribution in [3.05, 3.63) is 16.3 Å². The number of carbonyl (C=O) groups is 1. The second kappa shape index (κ2) is 6.91. The molecule has 90 valence electrons. The molecular weight excluding hydrogens is 290 g/mol. The number of carbonyl (C=O) groups excluding carboxylic acids is 1. The molecule has 0 aromatic carbocycles. The van der Waals surface area contributed by atoms with E-state index in [2.05, 4.69) is 15.9 Å². The summed E-state index contributed by atoms with van der Waals surface area (Å²) in [4.78, 5) is 14.7. The van der Waals surface area contributed by atoms with E-state index in [0.717, 1.165) is 24.8 Å². The first kappa shape index (κ1) is 13.5. The van der Waals surface area contributed by atoms with Crippen molar-refractivity contribution in [2.75, 3.05) is 25.5 Å². The lowest BCUT2D eigenvalue weighted by Gasteiger charge is -2.20. The van der Waals surface area contributed by atoms with E-state index >= 15 is 0 Å². The molecule has 1 aromatic heterocycles. The third kappa shape index (κ3) is 3.22. The van der Waals surface area contributed by atoms with E-state index in [0.29, 0.717) is 10.6 Å². The predicted octanol–water partition coefficient (Wildman–Crippen LogP) is 3.00. The van der Waals surface area contributed by atoms with Gasteiger partial charge in [0.25, 0.3) is 5.91 Å². The highest BCUT2D eigenvalue weighted by atomic mass is 79.9. The zero-order valence-corrected chi connectivity index (χ0v) is 11.9. The largest absolute Gasteiger partial charge is 0.495 e. The van der Waals surface area contributed by atoms with Crippen LogP contribution >= 0.6 is 27.3 Å². The number of hydrogen-bond acceptors (Lipinski definition) is 3. The number of hydrogen-bond donors (Lipinski definition) is 0. The molecule has 0 saturated carbocycles. The fourth-order valence-electron chi connectivity index (χ4n) is 1.41. The number of methoxy groups -OCH3 is 1. The Bertz CT molecular complexity index is 340. The fraction of sp³-hybridized carbons (Fsp3) is 0.545. The summed E-state index contributed by atoms with van der Waals surface area (Å²) in [6, 6.07) is 1.83. The Hall–Kier alpha value is -0.550. The maximum absolute atomic E-state index is 12.2. The average molecular weight is 306 g/mol. The van der Waals surface area contributed by atoms with Crippen molar-refractivity contribution < 1.29 is 9.53 Å². The smallest absolute Gasteiger partial charge is 0.267 e. The van der Waals surface area contributed by atoms with Gasteiger partial charge in [0.1, 0.15) is 10.6 Å². The zero-order valence-electron chi connectivity index (χ0n) is 9.53. The van der Waals surface area contributed by atoms with Crippen molar-refractivity contribution in [3.8, 4) is 5.75 Å². The summed E-state index contributed by atoms with van der Waals surface area (Å²) in [7, 11) is 1.59. The minimum Gasteiger partial charge on any atom is -0.495 e. The molecule has 0 unspecified atom stereocenters. The van der Waals surface area contributed by atoms with E-state index in [1.807, 2.05) is 23.3 Å². The molecular formula is C11H16BrNO2S. The maximum atomic E-state index is 12.2. The van der Waals surface area contributed by atoms with Crippen molar-refractivity contribution in [3.63, 3.8) is 0 Å². The van der Waals surface area contributed by atoms with Gasteiger partial charge in [-0.25, -0.2) is 0 Å². The van der Waals surface area contributed by atoms with Crippen molar-refractivity contribution >= 4 is 33.2 Å². The lowest BCUT2D eigenvalue weighted by Crippen LogP contribution is -2.31. The lowest BCUT2D eigenvalue weighted by molar-refractivity contribution is 0.0767. The molecule has 1 rings (SSSR count). The van der Waals surface area contributed by atoms with Crippen molar-refractivity contribution in [2.45, 2.75) is 13.3 Å². The first-order valence-corrected chi connectivity index (χ1v) is 7.21. The second-order valence-corrected chi connectivity index (χ2v) is 4.95. The highest BCUT2D eigenvalue weighted by Gasteiger charge is 2.19. The quantitative estimate of drug-likeness (QED) is 0.756. The Labute approximate surface area is 109 Å². The van der Waals surface area contributed by atoms with Crippen LogP contribution in [-0.2, 0) is 0 Å². The van der Waals surface area contributed by atoms with Gasteiger partial charge < -0.3 is 9.64 Å². The van der Waals surface area contributed by atoms with Gasteiger partial charge in [-0.15, -0.1) is 11.3 Å². The SMILES string of the molecule is CCN(CCCBr)C(=O)c1sccc1OC. The van der Waals surface area contributed by atoms with Crippen LogP contribution in [0.25, 0.3) is 0 Å². The molecule has 0 N–H and O–H groups in total. The third-order valence-electron chi connectivity index (χ3n) is 2.27. The van der Waals surface area contributed by atoms with Crippen LogP contribution in [0.15, 0.2) is 11.4 Å². The average Bonchev–Trinajstić information content (AvgIpc) is 2.77. The molecule has 0 aliphatic rings. The summed E-state index contributed by atoms with van der Waals surface area (Å²) >= 11 is 4.80. The molecule has 0 aliphatic heterocycles. The minimum atomic E-state index is 0.0651. The molecule has 1 heterocycles. The molecule has 1 amide bonds. The molecule has 5 heteroatoms. The first-order valence-electron chi connectivity index (χ1n) is 5.21. The van der Waals surface area contributed by atoms with Gasteiger partial charge in [-0.3, -0.25) is 4.79 Å². The molecule has 16 heavy (non-hydrogen) atoms. The summed E-state index contributed by atoms with van der Waals surface area (Å²) in [6.45, 7) is 3.50. The van der Waals surface area contributed by atoms with Gasteiger partial charge in [0.05, 0.1) is 7.11 Å². The van der Waals surface area contributed by atoms with E-state index in [4.69, 9.17) is 4.74 Å². The normalized spacial score (nSPS) is 10.2. The van der Waals surface area contributed by atoms with Crippen LogP contribution < -0.4 is 4.74 Å². The highest BCUT2D eigenvalue weighted by molar-refractivity contribution is 9.09. The fourth-order valence-corrected chi connectivity index (χ4v) is 2.49. The molecule has 0 spiro atoms. The second-order valence-electron chi connectivity index (χ2n) is 3.25. The Kier molecular flexibility index (Phi) is 5.84. The van der Waals surface area contributed by atoms with Gasteiger partial charge in [-0.2, -0.15) is 0 Å². The number of thiophene rings is 1. The third-order valence-corrected chi connectivity index (χ3v) is 3.72. The van der Waals surface area contributed by atoms with E-state index < -0.39 is 0 Å². The summed E-state index contributed by atoms with van der Waals surface area (Å²) in [5.74, 6) is 0.739. The van der Waals surface area contributed by atoms with Crippen LogP contribution in [0.4, 0.5) is 0 Å². The first-order chi connectivity index (χ1) is 7.74. The molecule has 0 fully saturated rings. The monoisotopic (exact) mass is 305 g/mol. The Balaban J connectivity index is 2.74. The summed E-state index contributed by atoms with van der Waals surface area (Å²) in [6.07, 6.45) is 0.966. The Morgan fingerprint density at radius 2 is 2.38 bits per heavy atom. The molecule has 0 atom stereocenters. The van der Waals surface area contributed by atoms with Crippen molar-refractivity contribution in [1.82, 2.24) is 4.90 Å². The van der Waals surface area contributed by atoms with E-state index in [9.17, 15) is 4.79 Å². The molecule has 0 bridgehead atoms. The number of nitrogens with zero attached hydrogens (tertiary/aromatic N) is 1. The van der Waals surface area contributed by atoms with Crippen molar-refractivity contribution in [1.29, 1.82) is 0 Å². The number of rotatable bonds is 6. The minimum absolute atomic E-state index is 0.0651. The van der Waals surface area contributed by atoms with Gasteiger partial charge >= 0.3 is 0 Å². The summed E-state index contributed by atoms with van der Waals surface area (Å²) < 4.78 is 5.16. The molecule has 0 saturated heterocycles.